The number of nitrogens with zero attached hydrogens (tertiary/aromatic N) is 8. The maximum atomic E-state index is 7.43. The first-order valence-corrected chi connectivity index (χ1v) is 31.0. The van der Waals surface area contributed by atoms with Gasteiger partial charge in [-0.3, -0.25) is 0 Å². The van der Waals surface area contributed by atoms with Crippen molar-refractivity contribution in [2.24, 2.45) is 0 Å². The number of hydrogen-bond donors (Lipinski definition) is 0. The molecule has 0 radical (unpaired) electrons. The van der Waals surface area contributed by atoms with Gasteiger partial charge in [-0.05, 0) is 92.7 Å². The van der Waals surface area contributed by atoms with E-state index in [1.54, 1.807) is 4.80 Å². The maximum absolute atomic E-state index is 7.43. The average molecular weight is 1160 g/mol. The molecule has 5 heterocycles. The Balaban J connectivity index is 0.779. The van der Waals surface area contributed by atoms with Gasteiger partial charge >= 0.3 is 0 Å². The lowest BCUT2D eigenvalue weighted by Crippen LogP contribution is -2.44. The third-order valence-corrected chi connectivity index (χ3v) is 17.7. The van der Waals surface area contributed by atoms with E-state index < -0.39 is 0 Å². The van der Waals surface area contributed by atoms with E-state index in [2.05, 4.69) is 249 Å². The second kappa shape index (κ2) is 24.3. The second-order valence-electron chi connectivity index (χ2n) is 23.0. The molecule has 0 aliphatic rings. The Bertz CT molecular complexity index is 4240. The van der Waals surface area contributed by atoms with Crippen LogP contribution in [0.2, 0.25) is 0 Å². The molecule has 0 bridgehead atoms. The quantitative estimate of drug-likeness (QED) is 0.0595. The van der Waals surface area contributed by atoms with Crippen molar-refractivity contribution in [3.63, 3.8) is 0 Å². The topological polar surface area (TPSA) is 90.6 Å². The van der Waals surface area contributed by atoms with Gasteiger partial charge < -0.3 is 42.1 Å². The maximum Gasteiger partial charge on any atom is 0.115 e. The summed E-state index contributed by atoms with van der Waals surface area (Å²) in [6.45, 7) is 9.32. The van der Waals surface area contributed by atoms with Crippen molar-refractivity contribution in [2.75, 3.05) is 44.4 Å². The van der Waals surface area contributed by atoms with Crippen LogP contribution >= 0.6 is 0 Å². The second-order valence-corrected chi connectivity index (χ2v) is 23.0. The van der Waals surface area contributed by atoms with E-state index in [1.807, 2.05) is 30.3 Å². The highest BCUT2D eigenvalue weighted by molar-refractivity contribution is 6.10. The molecule has 0 spiro atoms. The van der Waals surface area contributed by atoms with Gasteiger partial charge in [-0.15, -0.1) is 10.2 Å². The van der Waals surface area contributed by atoms with Crippen LogP contribution in [0, 0.1) is 0 Å². The van der Waals surface area contributed by atoms with Gasteiger partial charge in [0.25, 0.3) is 0 Å². The number of fused-ring (bicyclic) bond motifs is 13. The number of aromatic nitrogens is 7. The molecule has 0 aliphatic heterocycles. The summed E-state index contributed by atoms with van der Waals surface area (Å²) < 4.78 is 38.4. The van der Waals surface area contributed by atoms with Crippen molar-refractivity contribution >= 4 is 104 Å². The van der Waals surface area contributed by atoms with Crippen molar-refractivity contribution in [3.05, 3.63) is 243 Å². The smallest absolute Gasteiger partial charge is 0.115 e. The summed E-state index contributed by atoms with van der Waals surface area (Å²) >= 11 is 0. The summed E-state index contributed by atoms with van der Waals surface area (Å²) in [5.41, 5.74) is 12.9. The Hall–Kier alpha value is -9.56. The number of benzene rings is 10. The Morgan fingerprint density at radius 3 is 0.932 bits per heavy atom. The summed E-state index contributed by atoms with van der Waals surface area (Å²) in [5.74, 6) is 0. The molecule has 0 saturated carbocycles. The van der Waals surface area contributed by atoms with Crippen molar-refractivity contribution < 1.29 is 18.9 Å². The number of hydrogen-bond acceptors (Lipinski definition) is 7. The Kier molecular flexibility index (Phi) is 15.2. The lowest BCUT2D eigenvalue weighted by molar-refractivity contribution is -0.0534. The van der Waals surface area contributed by atoms with Gasteiger partial charge in [0.2, 0.25) is 0 Å². The lowest BCUT2D eigenvalue weighted by atomic mass is 10.2. The molecule has 5 aromatic heterocycles. The predicted molar refractivity (Wildman–Crippen MR) is 359 cm³/mol. The van der Waals surface area contributed by atoms with Crippen LogP contribution in [0.5, 0.6) is 0 Å². The molecule has 0 N–H and O–H groups in total. The van der Waals surface area contributed by atoms with E-state index in [0.717, 1.165) is 22.4 Å². The van der Waals surface area contributed by atoms with Gasteiger partial charge in [0, 0.05) is 119 Å². The molecule has 15 aromatic rings. The standard InChI is InChI=1S/C76H70N8O4/c1-3-85-57(51-87-55(47-80-69-34-16-8-26-59(69)60-27-9-17-35-70(60)80)48-81-71-36-18-10-28-61(71)62-29-11-19-37-72(62)81)45-79(54-42-43-67-68(44-54)78-84(77-67)53-24-6-5-7-25-53)46-58(86-4-2)52-88-56(49-82-73-38-20-12-30-63(73)64-31-13-21-39-74(64)82)50-83-75-40-22-14-32-65(75)66-33-15-23-41-76(66)83/h5-44,55-58H,3-4,45-52H2,1-2H3. The minimum Gasteiger partial charge on any atom is -0.374 e. The van der Waals surface area contributed by atoms with Gasteiger partial charge in [-0.1, -0.05) is 164 Å². The van der Waals surface area contributed by atoms with Crippen molar-refractivity contribution in [1.82, 2.24) is 33.3 Å². The molecule has 10 aromatic carbocycles. The third-order valence-electron chi connectivity index (χ3n) is 17.7. The molecule has 0 aliphatic carbocycles. The van der Waals surface area contributed by atoms with E-state index in [4.69, 9.17) is 29.1 Å². The van der Waals surface area contributed by atoms with E-state index in [-0.39, 0.29) is 24.4 Å². The molecule has 2 atom stereocenters. The van der Waals surface area contributed by atoms with Crippen LogP contribution in [0.15, 0.2) is 243 Å². The van der Waals surface area contributed by atoms with Crippen LogP contribution in [0.25, 0.3) is 104 Å². The van der Waals surface area contributed by atoms with Crippen molar-refractivity contribution in [1.29, 1.82) is 0 Å². The number of para-hydroxylation sites is 9. The Morgan fingerprint density at radius 2 is 0.614 bits per heavy atom. The fraction of sp³-hybridized carbons (Fsp3) is 0.211. The number of anilines is 1. The number of rotatable bonds is 24. The van der Waals surface area contributed by atoms with Crippen molar-refractivity contribution in [2.45, 2.75) is 64.4 Å². The van der Waals surface area contributed by atoms with Gasteiger partial charge in [-0.2, -0.15) is 4.80 Å². The third kappa shape index (κ3) is 10.5. The highest BCUT2D eigenvalue weighted by Crippen LogP contribution is 2.35. The van der Waals surface area contributed by atoms with Gasteiger partial charge in [0.05, 0.1) is 69.5 Å². The average Bonchev–Trinajstić information content (AvgIpc) is 2.34. The summed E-state index contributed by atoms with van der Waals surface area (Å²) in [6.07, 6.45) is -1.21. The SMILES string of the molecule is CCOC(COC(Cn1c2ccccc2c2ccccc21)Cn1c2ccccc2c2ccccc21)CN(CC(COC(Cn1c2ccccc2c2ccccc21)Cn1c2ccccc2c2ccccc21)OCC)c1ccc2nn(-c3ccccc3)nc2c1. The number of ether oxygens (including phenoxy) is 4. The zero-order chi connectivity index (χ0) is 58.9. The fourth-order valence-corrected chi connectivity index (χ4v) is 13.8. The molecule has 0 amide bonds. The monoisotopic (exact) mass is 1160 g/mol. The largest absolute Gasteiger partial charge is 0.374 e. The molecule has 15 rings (SSSR count). The Morgan fingerprint density at radius 1 is 0.318 bits per heavy atom. The zero-order valence-electron chi connectivity index (χ0n) is 49.7. The van der Waals surface area contributed by atoms with Crippen LogP contribution in [0.1, 0.15) is 13.8 Å². The summed E-state index contributed by atoms with van der Waals surface area (Å²) in [5, 5.41) is 19.8. The molecule has 0 fully saturated rings. The summed E-state index contributed by atoms with van der Waals surface area (Å²) in [6, 6.07) is 86.3. The molecule has 12 nitrogen and oxygen atoms in total. The molecule has 12 heteroatoms. The van der Waals surface area contributed by atoms with E-state index >= 15 is 0 Å². The predicted octanol–water partition coefficient (Wildman–Crippen LogP) is 16.0. The van der Waals surface area contributed by atoms with Crippen LogP contribution in [0.3, 0.4) is 0 Å². The van der Waals surface area contributed by atoms with Crippen LogP contribution in [0.4, 0.5) is 5.69 Å². The first-order chi connectivity index (χ1) is 43.5. The van der Waals surface area contributed by atoms with Crippen molar-refractivity contribution in [3.8, 4) is 5.69 Å². The van der Waals surface area contributed by atoms with E-state index in [1.165, 1.54) is 87.2 Å². The molecule has 438 valence electrons. The van der Waals surface area contributed by atoms with Crippen LogP contribution in [-0.2, 0) is 45.1 Å². The molecule has 88 heavy (non-hydrogen) atoms. The zero-order valence-corrected chi connectivity index (χ0v) is 49.7. The Labute approximate surface area is 510 Å². The normalized spacial score (nSPS) is 13.0. The van der Waals surface area contributed by atoms with Gasteiger partial charge in [-0.25, -0.2) is 0 Å². The van der Waals surface area contributed by atoms with Crippen LogP contribution < -0.4 is 4.90 Å². The first kappa shape index (κ1) is 55.0. The lowest BCUT2D eigenvalue weighted by Gasteiger charge is -2.33. The molecular weight excluding hydrogens is 1090 g/mol. The molecule has 2 unspecified atom stereocenters. The van der Waals surface area contributed by atoms with Gasteiger partial charge in [0.15, 0.2) is 0 Å². The summed E-state index contributed by atoms with van der Waals surface area (Å²) in [4.78, 5) is 4.10. The first-order valence-electron chi connectivity index (χ1n) is 31.0. The minimum absolute atomic E-state index is 0.259. The van der Waals surface area contributed by atoms with E-state index in [9.17, 15) is 0 Å². The van der Waals surface area contributed by atoms with Gasteiger partial charge in [0.1, 0.15) is 11.0 Å². The fourth-order valence-electron chi connectivity index (χ4n) is 13.8. The highest BCUT2D eigenvalue weighted by Gasteiger charge is 2.27. The van der Waals surface area contributed by atoms with E-state index in [0.29, 0.717) is 65.7 Å². The summed E-state index contributed by atoms with van der Waals surface area (Å²) in [7, 11) is 0. The molecular formula is C76H70N8O4. The van der Waals surface area contributed by atoms with Crippen LogP contribution in [-0.4, -0.2) is 97.2 Å². The highest BCUT2D eigenvalue weighted by atomic mass is 16.5. The molecule has 0 saturated heterocycles. The minimum atomic E-state index is -0.346.